The van der Waals surface area contributed by atoms with Crippen LogP contribution in [0.15, 0.2) is 35.1 Å². The van der Waals surface area contributed by atoms with Gasteiger partial charge in [0, 0.05) is 19.0 Å². The van der Waals surface area contributed by atoms with Crippen molar-refractivity contribution in [1.29, 1.82) is 5.26 Å². The predicted molar refractivity (Wildman–Crippen MR) is 120 cm³/mol. The van der Waals surface area contributed by atoms with Crippen LogP contribution >= 0.6 is 0 Å². The van der Waals surface area contributed by atoms with Gasteiger partial charge in [0.2, 0.25) is 5.95 Å². The number of hydrogen-bond acceptors (Lipinski definition) is 8. The second kappa shape index (κ2) is 9.26. The summed E-state index contributed by atoms with van der Waals surface area (Å²) in [4.78, 5) is 24.8. The summed E-state index contributed by atoms with van der Waals surface area (Å²) in [5, 5.41) is 11.5. The van der Waals surface area contributed by atoms with E-state index in [1.165, 1.54) is 0 Å². The van der Waals surface area contributed by atoms with E-state index in [-0.39, 0.29) is 54.0 Å². The van der Waals surface area contributed by atoms with E-state index in [4.69, 9.17) is 11.5 Å². The highest BCUT2D eigenvalue weighted by molar-refractivity contribution is 5.79. The number of nitriles is 1. The molecule has 13 heteroatoms. The van der Waals surface area contributed by atoms with Crippen LogP contribution in [-0.2, 0) is 6.42 Å². The molecular weight excluding hydrogens is 468 g/mol. The molecule has 9 nitrogen and oxygen atoms in total. The summed E-state index contributed by atoms with van der Waals surface area (Å²) in [5.74, 6) is -4.15. The van der Waals surface area contributed by atoms with Crippen LogP contribution < -0.4 is 22.3 Å². The van der Waals surface area contributed by atoms with Crippen molar-refractivity contribution in [2.45, 2.75) is 12.8 Å². The van der Waals surface area contributed by atoms with Gasteiger partial charge < -0.3 is 16.8 Å². The van der Waals surface area contributed by atoms with Gasteiger partial charge in [0.15, 0.2) is 5.82 Å². The van der Waals surface area contributed by atoms with Crippen LogP contribution in [0, 0.1) is 34.6 Å². The van der Waals surface area contributed by atoms with Crippen molar-refractivity contribution in [3.8, 4) is 11.8 Å². The molecular formula is C22H16F4N8O. The number of aromatic nitrogens is 4. The zero-order valence-corrected chi connectivity index (χ0v) is 17.8. The van der Waals surface area contributed by atoms with Crippen molar-refractivity contribution in [2.24, 2.45) is 0 Å². The number of aryl methyl sites for hydroxylation is 1. The maximum absolute atomic E-state index is 14.4. The molecule has 0 bridgehead atoms. The highest BCUT2D eigenvalue weighted by atomic mass is 19.1. The van der Waals surface area contributed by atoms with Gasteiger partial charge in [-0.05, 0) is 30.7 Å². The third kappa shape index (κ3) is 4.54. The molecule has 2 heterocycles. The van der Waals surface area contributed by atoms with Crippen molar-refractivity contribution in [3.05, 3.63) is 75.3 Å². The van der Waals surface area contributed by atoms with Crippen molar-refractivity contribution in [1.82, 2.24) is 19.5 Å². The smallest absolute Gasteiger partial charge is 0.269 e. The molecule has 0 atom stereocenters. The minimum Gasteiger partial charge on any atom is -0.382 e. The fourth-order valence-corrected chi connectivity index (χ4v) is 3.55. The highest BCUT2D eigenvalue weighted by Crippen LogP contribution is 2.21. The number of benzene rings is 2. The number of halogens is 4. The summed E-state index contributed by atoms with van der Waals surface area (Å²) in [7, 11) is 0. The van der Waals surface area contributed by atoms with Gasteiger partial charge in [-0.1, -0.05) is 0 Å². The van der Waals surface area contributed by atoms with E-state index < -0.39 is 39.7 Å². The van der Waals surface area contributed by atoms with E-state index in [2.05, 4.69) is 20.3 Å². The monoisotopic (exact) mass is 484 g/mol. The molecule has 0 saturated carbocycles. The Morgan fingerprint density at radius 3 is 2.37 bits per heavy atom. The van der Waals surface area contributed by atoms with E-state index in [1.54, 1.807) is 0 Å². The van der Waals surface area contributed by atoms with E-state index >= 15 is 0 Å². The Hall–Kier alpha value is -4.73. The zero-order valence-electron chi connectivity index (χ0n) is 17.8. The highest BCUT2D eigenvalue weighted by Gasteiger charge is 2.19. The second-order valence-corrected chi connectivity index (χ2v) is 7.38. The number of rotatable bonds is 6. The molecule has 2 aromatic carbocycles. The average Bonchev–Trinajstić information content (AvgIpc) is 2.78. The molecule has 0 radical (unpaired) electrons. The first-order valence-electron chi connectivity index (χ1n) is 10.1. The summed E-state index contributed by atoms with van der Waals surface area (Å²) in [5.41, 5.74) is 9.43. The lowest BCUT2D eigenvalue weighted by atomic mass is 10.2. The summed E-state index contributed by atoms with van der Waals surface area (Å²) in [6, 6.07) is 5.82. The predicted octanol–water partition coefficient (Wildman–Crippen LogP) is 2.81. The maximum atomic E-state index is 14.4. The lowest BCUT2D eigenvalue weighted by Crippen LogP contribution is -2.26. The lowest BCUT2D eigenvalue weighted by molar-refractivity contribution is 0.579. The van der Waals surface area contributed by atoms with Crippen LogP contribution in [0.2, 0.25) is 0 Å². The summed E-state index contributed by atoms with van der Waals surface area (Å²) < 4.78 is 57.4. The summed E-state index contributed by atoms with van der Waals surface area (Å²) >= 11 is 0. The standard InChI is InChI=1S/C22H16F4N8O/c23-10-6-11(24)8-12(7-10)34-16(31-18-15(26)4-3-14(25)17(18)21(34)35)2-1-5-30-20-13(9-27)19(28)32-22(29)33-20/h3-4,6-8H,1-2,5H2,(H5,28,29,30,32,33). The number of nitrogens with zero attached hydrogens (tertiary/aromatic N) is 5. The Labute approximate surface area is 194 Å². The maximum Gasteiger partial charge on any atom is 0.269 e. The first-order valence-corrected chi connectivity index (χ1v) is 10.1. The largest absolute Gasteiger partial charge is 0.382 e. The van der Waals surface area contributed by atoms with Crippen LogP contribution in [0.3, 0.4) is 0 Å². The number of anilines is 3. The van der Waals surface area contributed by atoms with Gasteiger partial charge in [-0.15, -0.1) is 0 Å². The first kappa shape index (κ1) is 23.4. The number of nitrogens with one attached hydrogen (secondary N) is 1. The van der Waals surface area contributed by atoms with Crippen molar-refractivity contribution in [2.75, 3.05) is 23.3 Å². The van der Waals surface area contributed by atoms with Crippen LogP contribution in [0.25, 0.3) is 16.6 Å². The van der Waals surface area contributed by atoms with Crippen molar-refractivity contribution in [3.63, 3.8) is 0 Å². The molecule has 178 valence electrons. The van der Waals surface area contributed by atoms with Crippen LogP contribution in [0.5, 0.6) is 0 Å². The molecule has 4 rings (SSSR count). The Morgan fingerprint density at radius 2 is 1.69 bits per heavy atom. The molecule has 0 spiro atoms. The molecule has 4 aromatic rings. The summed E-state index contributed by atoms with van der Waals surface area (Å²) in [6.07, 6.45) is 0.214. The van der Waals surface area contributed by atoms with Gasteiger partial charge in [0.25, 0.3) is 5.56 Å². The van der Waals surface area contributed by atoms with Gasteiger partial charge in [0.05, 0.1) is 5.69 Å². The Bertz CT molecular complexity index is 1540. The lowest BCUT2D eigenvalue weighted by Gasteiger charge is -2.15. The number of nitrogen functional groups attached to an aromatic ring is 2. The van der Waals surface area contributed by atoms with Crippen LogP contribution in [-0.4, -0.2) is 26.1 Å². The van der Waals surface area contributed by atoms with Crippen LogP contribution in [0.4, 0.5) is 35.1 Å². The van der Waals surface area contributed by atoms with Gasteiger partial charge >= 0.3 is 0 Å². The van der Waals surface area contributed by atoms with Crippen LogP contribution in [0.1, 0.15) is 17.8 Å². The number of fused-ring (bicyclic) bond motifs is 1. The molecule has 0 aliphatic carbocycles. The molecule has 0 saturated heterocycles. The second-order valence-electron chi connectivity index (χ2n) is 7.38. The van der Waals surface area contributed by atoms with Gasteiger partial charge in [-0.25, -0.2) is 22.5 Å². The quantitative estimate of drug-likeness (QED) is 0.279. The molecule has 0 amide bonds. The SMILES string of the molecule is N#Cc1c(N)nc(N)nc1NCCCc1nc2c(F)ccc(F)c2c(=O)n1-c1cc(F)cc(F)c1. The minimum atomic E-state index is -1.03. The van der Waals surface area contributed by atoms with E-state index in [0.717, 1.165) is 28.8 Å². The van der Waals surface area contributed by atoms with Crippen molar-refractivity contribution < 1.29 is 17.6 Å². The van der Waals surface area contributed by atoms with Gasteiger partial charge in [-0.2, -0.15) is 15.2 Å². The fourth-order valence-electron chi connectivity index (χ4n) is 3.55. The molecule has 0 aliphatic heterocycles. The van der Waals surface area contributed by atoms with E-state index in [1.807, 2.05) is 6.07 Å². The Balaban J connectivity index is 1.72. The number of hydrogen-bond donors (Lipinski definition) is 3. The molecule has 2 aromatic heterocycles. The van der Waals surface area contributed by atoms with Gasteiger partial charge in [-0.3, -0.25) is 9.36 Å². The Kier molecular flexibility index (Phi) is 6.20. The molecule has 5 N–H and O–H groups in total. The molecule has 0 fully saturated rings. The molecule has 0 unspecified atom stereocenters. The summed E-state index contributed by atoms with van der Waals surface area (Å²) in [6.45, 7) is 0.154. The topological polar surface area (TPSA) is 149 Å². The third-order valence-corrected chi connectivity index (χ3v) is 5.03. The van der Waals surface area contributed by atoms with E-state index in [9.17, 15) is 27.6 Å². The average molecular weight is 484 g/mol. The Morgan fingerprint density at radius 1 is 1.00 bits per heavy atom. The normalized spacial score (nSPS) is 10.9. The fraction of sp³-hybridized carbons (Fsp3) is 0.136. The third-order valence-electron chi connectivity index (χ3n) is 5.03. The van der Waals surface area contributed by atoms with Gasteiger partial charge in [0.1, 0.15) is 57.4 Å². The van der Waals surface area contributed by atoms with Crippen molar-refractivity contribution >= 4 is 28.5 Å². The first-order chi connectivity index (χ1) is 16.7. The van der Waals surface area contributed by atoms with E-state index in [0.29, 0.717) is 6.07 Å². The zero-order chi connectivity index (χ0) is 25.3. The molecule has 0 aliphatic rings. The number of nitrogens with two attached hydrogens (primary N) is 2. The molecule has 35 heavy (non-hydrogen) atoms. The minimum absolute atomic E-state index is 0.00972.